The van der Waals surface area contributed by atoms with Crippen LogP contribution in [0.3, 0.4) is 0 Å². The Morgan fingerprint density at radius 1 is 0.974 bits per heavy atom. The molecule has 0 saturated carbocycles. The largest absolute Gasteiger partial charge is 0.444 e. The number of rotatable bonds is 13. The Hall–Kier alpha value is -3.45. The van der Waals surface area contributed by atoms with E-state index in [1.165, 1.54) is 0 Å². The Morgan fingerprint density at radius 3 is 2.08 bits per heavy atom. The van der Waals surface area contributed by atoms with Gasteiger partial charge in [-0.3, -0.25) is 4.79 Å². The third kappa shape index (κ3) is 9.98. The van der Waals surface area contributed by atoms with Crippen LogP contribution in [0.4, 0.5) is 4.79 Å². The molecule has 0 saturated heterocycles. The number of ether oxygens (including phenoxy) is 1. The van der Waals surface area contributed by atoms with E-state index >= 15 is 0 Å². The van der Waals surface area contributed by atoms with E-state index in [0.29, 0.717) is 19.3 Å². The number of aliphatic hydroxyl groups is 1. The SMILES string of the molecule is CC(C)C(CC(=O)[C@H](Cc1ccccc1)C[C@H](O)[C@H](Cc1ccccc1)NC(=O)OC(C)(C)C)c1ncc[nH]1. The number of imidazole rings is 1. The predicted molar refractivity (Wildman–Crippen MR) is 153 cm³/mol. The van der Waals surface area contributed by atoms with Gasteiger partial charge in [0.05, 0.1) is 12.1 Å². The van der Waals surface area contributed by atoms with Crippen LogP contribution in [0.1, 0.15) is 70.3 Å². The Morgan fingerprint density at radius 2 is 1.56 bits per heavy atom. The summed E-state index contributed by atoms with van der Waals surface area (Å²) in [5.41, 5.74) is 1.33. The number of aromatic amines is 1. The molecule has 7 heteroatoms. The molecule has 0 spiro atoms. The van der Waals surface area contributed by atoms with Gasteiger partial charge in [0.2, 0.25) is 0 Å². The first-order valence-electron chi connectivity index (χ1n) is 13.8. The predicted octanol–water partition coefficient (Wildman–Crippen LogP) is 5.85. The molecular formula is C32H43N3O4. The zero-order valence-corrected chi connectivity index (χ0v) is 23.8. The molecular weight excluding hydrogens is 490 g/mol. The molecule has 1 unspecified atom stereocenters. The zero-order chi connectivity index (χ0) is 28.4. The van der Waals surface area contributed by atoms with Crippen molar-refractivity contribution in [3.63, 3.8) is 0 Å². The molecule has 39 heavy (non-hydrogen) atoms. The summed E-state index contributed by atoms with van der Waals surface area (Å²) in [5, 5.41) is 14.4. The van der Waals surface area contributed by atoms with Gasteiger partial charge in [0.15, 0.2) is 0 Å². The number of H-pyrrole nitrogens is 1. The Bertz CT molecular complexity index is 1140. The van der Waals surface area contributed by atoms with Crippen molar-refractivity contribution in [1.82, 2.24) is 15.3 Å². The standard InChI is InChI=1S/C32H43N3O4/c1-22(2)26(30-33-16-17-34-30)21-28(36)25(18-23-12-8-6-9-13-23)20-29(37)27(19-24-14-10-7-11-15-24)35-31(38)39-32(3,4)5/h6-17,22,25-27,29,37H,18-21H2,1-5H3,(H,33,34)(H,35,38)/t25-,26?,27+,29+/m1/s1. The monoisotopic (exact) mass is 533 g/mol. The van der Waals surface area contributed by atoms with Gasteiger partial charge < -0.3 is 20.1 Å². The highest BCUT2D eigenvalue weighted by molar-refractivity contribution is 5.82. The first-order valence-corrected chi connectivity index (χ1v) is 13.8. The lowest BCUT2D eigenvalue weighted by atomic mass is 9.81. The molecule has 1 aromatic heterocycles. The summed E-state index contributed by atoms with van der Waals surface area (Å²) in [4.78, 5) is 34.1. The highest BCUT2D eigenvalue weighted by atomic mass is 16.6. The molecule has 210 valence electrons. The van der Waals surface area contributed by atoms with Gasteiger partial charge in [-0.2, -0.15) is 0 Å². The molecule has 3 rings (SSSR count). The van der Waals surface area contributed by atoms with E-state index in [4.69, 9.17) is 4.74 Å². The molecule has 0 aliphatic carbocycles. The summed E-state index contributed by atoms with van der Waals surface area (Å²) in [6.45, 7) is 9.57. The maximum Gasteiger partial charge on any atom is 0.407 e. The van der Waals surface area contributed by atoms with Crippen LogP contribution < -0.4 is 5.32 Å². The lowest BCUT2D eigenvalue weighted by molar-refractivity contribution is -0.124. The number of nitrogens with one attached hydrogen (secondary N) is 2. The number of ketones is 1. The van der Waals surface area contributed by atoms with Crippen LogP contribution in [-0.4, -0.2) is 44.7 Å². The van der Waals surface area contributed by atoms with Crippen LogP contribution in [0.5, 0.6) is 0 Å². The number of carbonyl (C=O) groups excluding carboxylic acids is 2. The van der Waals surface area contributed by atoms with E-state index in [9.17, 15) is 14.7 Å². The maximum atomic E-state index is 13.8. The van der Waals surface area contributed by atoms with Crippen LogP contribution in [0.2, 0.25) is 0 Å². The van der Waals surface area contributed by atoms with Crippen molar-refractivity contribution in [1.29, 1.82) is 0 Å². The summed E-state index contributed by atoms with van der Waals surface area (Å²) in [6.07, 6.45) is 3.37. The number of amides is 1. The van der Waals surface area contributed by atoms with E-state index in [0.717, 1.165) is 17.0 Å². The van der Waals surface area contributed by atoms with E-state index in [2.05, 4.69) is 29.1 Å². The number of hydrogen-bond acceptors (Lipinski definition) is 5. The fraction of sp³-hybridized carbons (Fsp3) is 0.469. The lowest BCUT2D eigenvalue weighted by Gasteiger charge is -2.29. The summed E-state index contributed by atoms with van der Waals surface area (Å²) in [5.74, 6) is 0.594. The van der Waals surface area contributed by atoms with Gasteiger partial charge in [0.25, 0.3) is 0 Å². The highest BCUT2D eigenvalue weighted by Crippen LogP contribution is 2.29. The van der Waals surface area contributed by atoms with Gasteiger partial charge in [-0.15, -0.1) is 0 Å². The molecule has 0 aliphatic heterocycles. The summed E-state index contributed by atoms with van der Waals surface area (Å²) in [7, 11) is 0. The number of aromatic nitrogens is 2. The Balaban J connectivity index is 1.83. The minimum atomic E-state index is -0.962. The molecule has 1 heterocycles. The fourth-order valence-corrected chi connectivity index (χ4v) is 4.81. The summed E-state index contributed by atoms with van der Waals surface area (Å²) < 4.78 is 5.49. The van der Waals surface area contributed by atoms with Gasteiger partial charge in [0, 0.05) is 30.7 Å². The van der Waals surface area contributed by atoms with Crippen LogP contribution in [0.15, 0.2) is 73.1 Å². The maximum absolute atomic E-state index is 13.8. The minimum absolute atomic E-state index is 0.0529. The second-order valence-electron chi connectivity index (χ2n) is 11.6. The number of nitrogens with zero attached hydrogens (tertiary/aromatic N) is 1. The second kappa shape index (κ2) is 14.1. The topological polar surface area (TPSA) is 104 Å². The van der Waals surface area contributed by atoms with Crippen molar-refractivity contribution in [3.8, 4) is 0 Å². The molecule has 0 fully saturated rings. The molecule has 3 N–H and O–H groups in total. The average molecular weight is 534 g/mol. The van der Waals surface area contributed by atoms with Gasteiger partial charge in [-0.1, -0.05) is 74.5 Å². The van der Waals surface area contributed by atoms with Crippen LogP contribution >= 0.6 is 0 Å². The van der Waals surface area contributed by atoms with Crippen LogP contribution in [0.25, 0.3) is 0 Å². The number of alkyl carbamates (subject to hydrolysis) is 1. The van der Waals surface area contributed by atoms with E-state index in [1.807, 2.05) is 60.7 Å². The van der Waals surface area contributed by atoms with Gasteiger partial charge in [0.1, 0.15) is 17.2 Å². The van der Waals surface area contributed by atoms with E-state index in [1.54, 1.807) is 33.2 Å². The van der Waals surface area contributed by atoms with Crippen molar-refractivity contribution >= 4 is 11.9 Å². The molecule has 7 nitrogen and oxygen atoms in total. The second-order valence-corrected chi connectivity index (χ2v) is 11.6. The van der Waals surface area contributed by atoms with Crippen LogP contribution in [-0.2, 0) is 22.4 Å². The number of carbonyl (C=O) groups is 2. The average Bonchev–Trinajstić information content (AvgIpc) is 3.41. The van der Waals surface area contributed by atoms with Crippen molar-refractivity contribution in [2.24, 2.45) is 11.8 Å². The van der Waals surface area contributed by atoms with Crippen LogP contribution in [0, 0.1) is 11.8 Å². The first kappa shape index (κ1) is 30.1. The number of aliphatic hydroxyl groups excluding tert-OH is 1. The number of hydrogen-bond donors (Lipinski definition) is 3. The molecule has 4 atom stereocenters. The van der Waals surface area contributed by atoms with E-state index < -0.39 is 29.8 Å². The van der Waals surface area contributed by atoms with E-state index in [-0.39, 0.29) is 24.0 Å². The van der Waals surface area contributed by atoms with Crippen molar-refractivity contribution in [3.05, 3.63) is 90.0 Å². The lowest BCUT2D eigenvalue weighted by Crippen LogP contribution is -2.47. The molecule has 0 bridgehead atoms. The normalized spacial score (nSPS) is 14.8. The zero-order valence-electron chi connectivity index (χ0n) is 23.8. The smallest absolute Gasteiger partial charge is 0.407 e. The first-order chi connectivity index (χ1) is 18.5. The Kier molecular flexibility index (Phi) is 10.9. The highest BCUT2D eigenvalue weighted by Gasteiger charge is 2.32. The Labute approximate surface area is 232 Å². The fourth-order valence-electron chi connectivity index (χ4n) is 4.81. The van der Waals surface area contributed by atoms with Gasteiger partial charge in [-0.25, -0.2) is 9.78 Å². The molecule has 0 radical (unpaired) electrons. The number of benzene rings is 2. The third-order valence-electron chi connectivity index (χ3n) is 6.87. The number of Topliss-reactive ketones (excluding diaryl/α,β-unsaturated/α-hetero) is 1. The van der Waals surface area contributed by atoms with Gasteiger partial charge >= 0.3 is 6.09 Å². The quantitative estimate of drug-likeness (QED) is 0.255. The molecule has 3 aromatic rings. The summed E-state index contributed by atoms with van der Waals surface area (Å²) >= 11 is 0. The molecule has 0 aliphatic rings. The summed E-state index contributed by atoms with van der Waals surface area (Å²) in [6, 6.07) is 18.9. The molecule has 1 amide bonds. The van der Waals surface area contributed by atoms with Crippen molar-refractivity contribution in [2.75, 3.05) is 0 Å². The van der Waals surface area contributed by atoms with Crippen molar-refractivity contribution in [2.45, 2.75) is 84.0 Å². The molecule has 2 aromatic carbocycles. The third-order valence-corrected chi connectivity index (χ3v) is 6.87. The van der Waals surface area contributed by atoms with Crippen molar-refractivity contribution < 1.29 is 19.4 Å². The van der Waals surface area contributed by atoms with Gasteiger partial charge in [-0.05, 0) is 57.1 Å². The minimum Gasteiger partial charge on any atom is -0.444 e.